The van der Waals surface area contributed by atoms with Gasteiger partial charge < -0.3 is 9.80 Å². The number of likely N-dealkylation sites (tertiary alicyclic amines) is 2. The van der Waals surface area contributed by atoms with E-state index < -0.39 is 12.2 Å². The van der Waals surface area contributed by atoms with Gasteiger partial charge in [0.2, 0.25) is 11.8 Å². The van der Waals surface area contributed by atoms with Gasteiger partial charge in [0.05, 0.1) is 13.0 Å². The van der Waals surface area contributed by atoms with Crippen molar-refractivity contribution in [3.8, 4) is 0 Å². The van der Waals surface area contributed by atoms with Crippen molar-refractivity contribution in [1.29, 1.82) is 0 Å². The largest absolute Gasteiger partial charge is 0.341 e. The van der Waals surface area contributed by atoms with Crippen LogP contribution in [0.5, 0.6) is 0 Å². The zero-order chi connectivity index (χ0) is 17.1. The van der Waals surface area contributed by atoms with E-state index in [-0.39, 0.29) is 31.2 Å². The summed E-state index contributed by atoms with van der Waals surface area (Å²) in [6.07, 6.45) is 2.37. The summed E-state index contributed by atoms with van der Waals surface area (Å²) in [5.74, 6) is -0.233. The summed E-state index contributed by atoms with van der Waals surface area (Å²) >= 11 is 0. The third-order valence-corrected chi connectivity index (χ3v) is 4.96. The van der Waals surface area contributed by atoms with Gasteiger partial charge in [0.1, 0.15) is 12.2 Å². The lowest BCUT2D eigenvalue weighted by Gasteiger charge is -2.32. The average Bonchev–Trinajstić information content (AvgIpc) is 2.97. The lowest BCUT2D eigenvalue weighted by atomic mass is 10.1. The van der Waals surface area contributed by atoms with E-state index in [1.165, 1.54) is 4.90 Å². The van der Waals surface area contributed by atoms with Crippen molar-refractivity contribution in [1.82, 2.24) is 9.80 Å². The first-order valence-electron chi connectivity index (χ1n) is 8.82. The molecule has 0 saturated carbocycles. The molecule has 4 nitrogen and oxygen atoms in total. The van der Waals surface area contributed by atoms with Crippen LogP contribution in [0, 0.1) is 6.92 Å². The molecule has 1 aromatic rings. The quantitative estimate of drug-likeness (QED) is 0.853. The number of amides is 2. The molecule has 2 fully saturated rings. The Bertz CT molecular complexity index is 613. The molecule has 5 heteroatoms. The molecule has 2 saturated heterocycles. The van der Waals surface area contributed by atoms with Gasteiger partial charge in [-0.25, -0.2) is 4.39 Å². The van der Waals surface area contributed by atoms with Crippen LogP contribution in [0.4, 0.5) is 4.39 Å². The zero-order valence-corrected chi connectivity index (χ0v) is 14.2. The summed E-state index contributed by atoms with van der Waals surface area (Å²) < 4.78 is 13.9. The summed E-state index contributed by atoms with van der Waals surface area (Å²) in [5, 5.41) is 0. The maximum atomic E-state index is 13.9. The molecule has 0 N–H and O–H groups in total. The van der Waals surface area contributed by atoms with Crippen molar-refractivity contribution in [3.63, 3.8) is 0 Å². The number of alkyl halides is 1. The highest BCUT2D eigenvalue weighted by molar-refractivity contribution is 5.89. The van der Waals surface area contributed by atoms with Crippen molar-refractivity contribution in [2.75, 3.05) is 19.6 Å². The van der Waals surface area contributed by atoms with Crippen LogP contribution in [-0.4, -0.2) is 53.5 Å². The number of benzene rings is 1. The molecule has 24 heavy (non-hydrogen) atoms. The Labute approximate surface area is 142 Å². The van der Waals surface area contributed by atoms with Gasteiger partial charge in [0, 0.05) is 19.5 Å². The van der Waals surface area contributed by atoms with E-state index in [1.54, 1.807) is 4.90 Å². The molecule has 1 aromatic carbocycles. The standard InChI is InChI=1S/C19H25FN2O2/c1-14-6-5-7-15(10-14)11-18(23)22-13-16(20)12-17(22)19(24)21-8-3-2-4-9-21/h5-7,10,16-17H,2-4,8-9,11-13H2,1H3/t16-,17-/m0/s1. The molecule has 0 bridgehead atoms. The Morgan fingerprint density at radius 2 is 1.96 bits per heavy atom. The summed E-state index contributed by atoms with van der Waals surface area (Å²) in [6.45, 7) is 3.47. The van der Waals surface area contributed by atoms with Crippen LogP contribution in [0.2, 0.25) is 0 Å². The van der Waals surface area contributed by atoms with Crippen molar-refractivity contribution >= 4 is 11.8 Å². The number of rotatable bonds is 3. The van der Waals surface area contributed by atoms with Crippen LogP contribution in [-0.2, 0) is 16.0 Å². The van der Waals surface area contributed by atoms with Gasteiger partial charge in [0.15, 0.2) is 0 Å². The molecule has 2 aliphatic heterocycles. The maximum absolute atomic E-state index is 13.9. The molecule has 130 valence electrons. The van der Waals surface area contributed by atoms with Crippen molar-refractivity contribution in [2.24, 2.45) is 0 Å². The van der Waals surface area contributed by atoms with Crippen LogP contribution >= 0.6 is 0 Å². The molecule has 2 aliphatic rings. The van der Waals surface area contributed by atoms with Gasteiger partial charge in [-0.05, 0) is 31.7 Å². The normalized spacial score (nSPS) is 24.2. The molecule has 0 unspecified atom stereocenters. The molecular weight excluding hydrogens is 307 g/mol. The van der Waals surface area contributed by atoms with Gasteiger partial charge in [-0.1, -0.05) is 29.8 Å². The molecule has 0 aromatic heterocycles. The zero-order valence-electron chi connectivity index (χ0n) is 14.2. The van der Waals surface area contributed by atoms with Crippen LogP contribution in [0.25, 0.3) is 0 Å². The minimum Gasteiger partial charge on any atom is -0.341 e. The fourth-order valence-electron chi connectivity index (χ4n) is 3.72. The number of aryl methyl sites for hydroxylation is 1. The Morgan fingerprint density at radius 1 is 1.21 bits per heavy atom. The average molecular weight is 332 g/mol. The highest BCUT2D eigenvalue weighted by atomic mass is 19.1. The molecule has 0 spiro atoms. The summed E-state index contributed by atoms with van der Waals surface area (Å²) in [6, 6.07) is 7.12. The van der Waals surface area contributed by atoms with E-state index in [1.807, 2.05) is 31.2 Å². The van der Waals surface area contributed by atoms with Crippen LogP contribution in [0.1, 0.15) is 36.8 Å². The Morgan fingerprint density at radius 3 is 2.67 bits per heavy atom. The number of carbonyl (C=O) groups excluding carboxylic acids is 2. The Kier molecular flexibility index (Phi) is 5.17. The van der Waals surface area contributed by atoms with Crippen LogP contribution in [0.3, 0.4) is 0 Å². The molecule has 2 amide bonds. The topological polar surface area (TPSA) is 40.6 Å². The first-order valence-corrected chi connectivity index (χ1v) is 8.82. The van der Waals surface area contributed by atoms with E-state index in [2.05, 4.69) is 0 Å². The predicted molar refractivity (Wildman–Crippen MR) is 90.3 cm³/mol. The number of hydrogen-bond acceptors (Lipinski definition) is 2. The van der Waals surface area contributed by atoms with Gasteiger partial charge >= 0.3 is 0 Å². The van der Waals surface area contributed by atoms with E-state index in [0.717, 1.165) is 43.5 Å². The second kappa shape index (κ2) is 7.32. The molecule has 0 radical (unpaired) electrons. The number of carbonyl (C=O) groups is 2. The smallest absolute Gasteiger partial charge is 0.245 e. The molecule has 3 rings (SSSR count). The molecule has 2 atom stereocenters. The fourth-order valence-corrected chi connectivity index (χ4v) is 3.72. The maximum Gasteiger partial charge on any atom is 0.245 e. The van der Waals surface area contributed by atoms with Crippen LogP contribution < -0.4 is 0 Å². The predicted octanol–water partition coefficient (Wildman–Crippen LogP) is 2.49. The van der Waals surface area contributed by atoms with Crippen LogP contribution in [0.15, 0.2) is 24.3 Å². The van der Waals surface area contributed by atoms with Crippen molar-refractivity contribution in [2.45, 2.75) is 51.2 Å². The number of hydrogen-bond donors (Lipinski definition) is 0. The monoisotopic (exact) mass is 332 g/mol. The fraction of sp³-hybridized carbons (Fsp3) is 0.579. The second-order valence-corrected chi connectivity index (χ2v) is 6.95. The van der Waals surface area contributed by atoms with Gasteiger partial charge in [-0.15, -0.1) is 0 Å². The lowest BCUT2D eigenvalue weighted by molar-refractivity contribution is -0.144. The second-order valence-electron chi connectivity index (χ2n) is 6.95. The number of nitrogens with zero attached hydrogens (tertiary/aromatic N) is 2. The summed E-state index contributed by atoms with van der Waals surface area (Å²) in [5.41, 5.74) is 2.00. The highest BCUT2D eigenvalue weighted by Crippen LogP contribution is 2.24. The van der Waals surface area contributed by atoms with E-state index in [0.29, 0.717) is 0 Å². The van der Waals surface area contributed by atoms with Crippen molar-refractivity contribution in [3.05, 3.63) is 35.4 Å². The Hall–Kier alpha value is -1.91. The van der Waals surface area contributed by atoms with Gasteiger partial charge in [-0.3, -0.25) is 9.59 Å². The molecule has 0 aliphatic carbocycles. The molecule has 2 heterocycles. The summed E-state index contributed by atoms with van der Waals surface area (Å²) in [4.78, 5) is 28.7. The Balaban J connectivity index is 1.69. The van der Waals surface area contributed by atoms with Crippen molar-refractivity contribution < 1.29 is 14.0 Å². The number of halogens is 1. The minimum atomic E-state index is -1.11. The molecular formula is C19H25FN2O2. The summed E-state index contributed by atoms with van der Waals surface area (Å²) in [7, 11) is 0. The lowest BCUT2D eigenvalue weighted by Crippen LogP contribution is -2.49. The van der Waals surface area contributed by atoms with Gasteiger partial charge in [0.25, 0.3) is 0 Å². The third kappa shape index (κ3) is 3.77. The number of piperidine rings is 1. The first kappa shape index (κ1) is 16.9. The van der Waals surface area contributed by atoms with Gasteiger partial charge in [-0.2, -0.15) is 0 Å². The van der Waals surface area contributed by atoms with E-state index >= 15 is 0 Å². The van der Waals surface area contributed by atoms with E-state index in [9.17, 15) is 14.0 Å². The minimum absolute atomic E-state index is 0.0366. The first-order chi connectivity index (χ1) is 11.5. The third-order valence-electron chi connectivity index (χ3n) is 4.96. The highest BCUT2D eigenvalue weighted by Gasteiger charge is 2.41. The SMILES string of the molecule is Cc1cccc(CC(=O)N2C[C@@H](F)C[C@H]2C(=O)N2CCCCC2)c1. The van der Waals surface area contributed by atoms with E-state index in [4.69, 9.17) is 0 Å².